The first-order valence-corrected chi connectivity index (χ1v) is 13.5. The number of H-pyrrole nitrogens is 1. The molecule has 5 rings (SSSR count). The zero-order valence-electron chi connectivity index (χ0n) is 19.2. The van der Waals surface area contributed by atoms with Gasteiger partial charge in [-0.25, -0.2) is 13.4 Å². The minimum Gasteiger partial charge on any atom is -0.347 e. The molecule has 8 nitrogen and oxygen atoms in total. The van der Waals surface area contributed by atoms with Gasteiger partial charge in [0, 0.05) is 13.1 Å². The molecule has 0 fully saturated rings. The maximum Gasteiger partial charge on any atom is 0.263 e. The van der Waals surface area contributed by atoms with Crippen LogP contribution in [0.5, 0.6) is 0 Å². The molecule has 5 aromatic rings. The highest BCUT2D eigenvalue weighted by Crippen LogP contribution is 2.22. The minimum absolute atomic E-state index is 0.0958. The third-order valence-electron chi connectivity index (χ3n) is 5.64. The van der Waals surface area contributed by atoms with Crippen LogP contribution in [-0.4, -0.2) is 33.6 Å². The number of amides is 1. The maximum absolute atomic E-state index is 13.7. The van der Waals surface area contributed by atoms with Crippen LogP contribution >= 0.6 is 11.3 Å². The molecule has 0 saturated carbocycles. The van der Waals surface area contributed by atoms with Crippen molar-refractivity contribution in [3.05, 3.63) is 112 Å². The lowest BCUT2D eigenvalue weighted by Gasteiger charge is -2.21. The number of hydrogen-bond acceptors (Lipinski definition) is 6. The summed E-state index contributed by atoms with van der Waals surface area (Å²) in [5.41, 5.74) is 4.91. The monoisotopic (exact) mass is 517 g/mol. The van der Waals surface area contributed by atoms with Crippen molar-refractivity contribution in [2.75, 3.05) is 0 Å². The van der Waals surface area contributed by atoms with Crippen LogP contribution in [0.2, 0.25) is 0 Å². The number of hydrogen-bond donors (Lipinski definition) is 2. The highest BCUT2D eigenvalue weighted by molar-refractivity contribution is 7.89. The summed E-state index contributed by atoms with van der Waals surface area (Å²) in [6.45, 7) is 0.579. The Bertz CT molecular complexity index is 1530. The van der Waals surface area contributed by atoms with Crippen molar-refractivity contribution in [2.45, 2.75) is 24.5 Å². The first-order chi connectivity index (χ1) is 17.5. The standard InChI is InChI=1S/C26H23N5O3S2/c32-26(24-15-27-18-35-24)28-14-19-10-12-21(13-11-19)36(33,34)31(16-20-6-2-1-3-7-20)17-25-29-22-8-4-5-9-23(22)30-25/h1-13,15,18H,14,16-17H2,(H,28,32)(H,29,30). The van der Waals surface area contributed by atoms with E-state index in [4.69, 9.17) is 0 Å². The number of imidazole rings is 1. The van der Waals surface area contributed by atoms with Gasteiger partial charge in [-0.15, -0.1) is 11.3 Å². The van der Waals surface area contributed by atoms with Crippen LogP contribution in [0.3, 0.4) is 0 Å². The molecular weight excluding hydrogens is 494 g/mol. The molecule has 0 saturated heterocycles. The largest absolute Gasteiger partial charge is 0.347 e. The van der Waals surface area contributed by atoms with Crippen LogP contribution in [0.1, 0.15) is 26.6 Å². The Morgan fingerprint density at radius 2 is 1.67 bits per heavy atom. The number of carbonyl (C=O) groups excluding carboxylic acids is 1. The second-order valence-electron chi connectivity index (χ2n) is 8.15. The molecule has 0 atom stereocenters. The number of thiazole rings is 1. The lowest BCUT2D eigenvalue weighted by Crippen LogP contribution is -2.30. The number of aromatic nitrogens is 3. The van der Waals surface area contributed by atoms with Gasteiger partial charge in [0.2, 0.25) is 10.0 Å². The van der Waals surface area contributed by atoms with Crippen LogP contribution in [0.4, 0.5) is 0 Å². The molecular formula is C26H23N5O3S2. The molecule has 10 heteroatoms. The van der Waals surface area contributed by atoms with Gasteiger partial charge in [-0.2, -0.15) is 4.31 Å². The Morgan fingerprint density at radius 3 is 2.39 bits per heavy atom. The SMILES string of the molecule is O=C(NCc1ccc(S(=O)(=O)N(Cc2ccccc2)Cc2nc3ccccc3[nH]2)cc1)c1cncs1. The van der Waals surface area contributed by atoms with E-state index in [0.717, 1.165) is 22.2 Å². The zero-order chi connectivity index (χ0) is 25.0. The summed E-state index contributed by atoms with van der Waals surface area (Å²) in [6, 6.07) is 23.6. The van der Waals surface area contributed by atoms with E-state index in [1.165, 1.54) is 21.8 Å². The molecule has 0 aliphatic rings. The van der Waals surface area contributed by atoms with Gasteiger partial charge in [0.15, 0.2) is 0 Å². The molecule has 0 radical (unpaired) electrons. The van der Waals surface area contributed by atoms with Crippen LogP contribution in [0.25, 0.3) is 11.0 Å². The van der Waals surface area contributed by atoms with Gasteiger partial charge in [0.25, 0.3) is 5.91 Å². The van der Waals surface area contributed by atoms with E-state index in [9.17, 15) is 13.2 Å². The molecule has 36 heavy (non-hydrogen) atoms. The average Bonchev–Trinajstić information content (AvgIpc) is 3.58. The lowest BCUT2D eigenvalue weighted by molar-refractivity contribution is 0.0954. The Labute approximate surface area is 212 Å². The molecule has 2 N–H and O–H groups in total. The smallest absolute Gasteiger partial charge is 0.263 e. The molecule has 0 spiro atoms. The van der Waals surface area contributed by atoms with Crippen molar-refractivity contribution < 1.29 is 13.2 Å². The molecule has 3 aromatic carbocycles. The number of nitrogens with one attached hydrogen (secondary N) is 2. The topological polar surface area (TPSA) is 108 Å². The fourth-order valence-corrected chi connectivity index (χ4v) is 5.71. The van der Waals surface area contributed by atoms with Crippen molar-refractivity contribution in [1.29, 1.82) is 0 Å². The Kier molecular flexibility index (Phi) is 6.90. The van der Waals surface area contributed by atoms with Gasteiger partial charge in [-0.1, -0.05) is 54.6 Å². The van der Waals surface area contributed by atoms with Gasteiger partial charge in [0.1, 0.15) is 10.7 Å². The number of rotatable bonds is 9. The number of carbonyl (C=O) groups is 1. The maximum atomic E-state index is 13.7. The summed E-state index contributed by atoms with van der Waals surface area (Å²) in [5, 5.41) is 2.82. The predicted molar refractivity (Wildman–Crippen MR) is 139 cm³/mol. The molecule has 0 aliphatic carbocycles. The first-order valence-electron chi connectivity index (χ1n) is 11.2. The second kappa shape index (κ2) is 10.4. The van der Waals surface area contributed by atoms with E-state index in [1.54, 1.807) is 29.8 Å². The Morgan fingerprint density at radius 1 is 0.917 bits per heavy atom. The van der Waals surface area contributed by atoms with Crippen molar-refractivity contribution >= 4 is 38.3 Å². The summed E-state index contributed by atoms with van der Waals surface area (Å²) in [6.07, 6.45) is 1.51. The van der Waals surface area contributed by atoms with Gasteiger partial charge in [0.05, 0.1) is 34.2 Å². The number of aromatic amines is 1. The van der Waals surface area contributed by atoms with Crippen molar-refractivity contribution in [3.63, 3.8) is 0 Å². The van der Waals surface area contributed by atoms with E-state index < -0.39 is 10.0 Å². The van der Waals surface area contributed by atoms with Crippen molar-refractivity contribution in [1.82, 2.24) is 24.6 Å². The van der Waals surface area contributed by atoms with E-state index >= 15 is 0 Å². The second-order valence-corrected chi connectivity index (χ2v) is 11.0. The number of fused-ring (bicyclic) bond motifs is 1. The van der Waals surface area contributed by atoms with Crippen molar-refractivity contribution in [3.8, 4) is 0 Å². The Balaban J connectivity index is 1.37. The number of para-hydroxylation sites is 2. The quantitative estimate of drug-likeness (QED) is 0.302. The van der Waals surface area contributed by atoms with E-state index in [0.29, 0.717) is 10.7 Å². The lowest BCUT2D eigenvalue weighted by atomic mass is 10.2. The molecule has 2 aromatic heterocycles. The van der Waals surface area contributed by atoms with Crippen LogP contribution in [0, 0.1) is 0 Å². The molecule has 182 valence electrons. The van der Waals surface area contributed by atoms with Crippen LogP contribution < -0.4 is 5.32 Å². The Hall–Kier alpha value is -3.86. The van der Waals surface area contributed by atoms with Gasteiger partial charge in [-0.3, -0.25) is 9.78 Å². The average molecular weight is 518 g/mol. The highest BCUT2D eigenvalue weighted by atomic mass is 32.2. The van der Waals surface area contributed by atoms with Gasteiger partial charge < -0.3 is 10.3 Å². The van der Waals surface area contributed by atoms with E-state index in [-0.39, 0.29) is 30.4 Å². The fourth-order valence-electron chi connectivity index (χ4n) is 3.79. The third-order valence-corrected chi connectivity index (χ3v) is 8.21. The van der Waals surface area contributed by atoms with Crippen LogP contribution in [-0.2, 0) is 29.7 Å². The predicted octanol–water partition coefficient (Wildman–Crippen LogP) is 4.34. The molecule has 0 aliphatic heterocycles. The van der Waals surface area contributed by atoms with Crippen molar-refractivity contribution in [2.24, 2.45) is 0 Å². The summed E-state index contributed by atoms with van der Waals surface area (Å²) in [4.78, 5) is 24.6. The van der Waals surface area contributed by atoms with E-state index in [2.05, 4.69) is 20.3 Å². The first kappa shape index (κ1) is 23.9. The third kappa shape index (κ3) is 5.35. The summed E-state index contributed by atoms with van der Waals surface area (Å²) in [7, 11) is -3.84. The highest BCUT2D eigenvalue weighted by Gasteiger charge is 2.26. The minimum atomic E-state index is -3.84. The van der Waals surface area contributed by atoms with Gasteiger partial charge in [-0.05, 0) is 35.4 Å². The number of nitrogens with zero attached hydrogens (tertiary/aromatic N) is 3. The summed E-state index contributed by atoms with van der Waals surface area (Å²) in [5.74, 6) is 0.354. The molecule has 0 unspecified atom stereocenters. The molecule has 1 amide bonds. The molecule has 0 bridgehead atoms. The summed E-state index contributed by atoms with van der Waals surface area (Å²) < 4.78 is 28.8. The fraction of sp³-hybridized carbons (Fsp3) is 0.115. The number of sulfonamides is 1. The van der Waals surface area contributed by atoms with Crippen LogP contribution in [0.15, 0.2) is 95.5 Å². The number of benzene rings is 3. The molecule has 2 heterocycles. The zero-order valence-corrected chi connectivity index (χ0v) is 20.8. The summed E-state index contributed by atoms with van der Waals surface area (Å²) >= 11 is 1.26. The van der Waals surface area contributed by atoms with E-state index in [1.807, 2.05) is 54.6 Å². The van der Waals surface area contributed by atoms with Gasteiger partial charge >= 0.3 is 0 Å². The normalized spacial score (nSPS) is 11.7.